The van der Waals surface area contributed by atoms with Gasteiger partial charge in [0.05, 0.1) is 5.69 Å². The Morgan fingerprint density at radius 1 is 1.25 bits per heavy atom. The maximum absolute atomic E-state index is 14.5. The topological polar surface area (TPSA) is 41.4 Å². The first-order valence-electron chi connectivity index (χ1n) is 11.6. The number of rotatable bonds is 8. The molecule has 0 aliphatic carbocycles. The zero-order chi connectivity index (χ0) is 23.3. The fourth-order valence-corrected chi connectivity index (χ4v) is 4.65. The third-order valence-corrected chi connectivity index (χ3v) is 6.51. The number of amides is 1. The molecule has 0 N–H and O–H groups in total. The van der Waals surface area contributed by atoms with E-state index in [1.54, 1.807) is 18.2 Å². The number of carbonyl (C=O) groups is 1. The molecule has 5 nitrogen and oxygen atoms in total. The van der Waals surface area contributed by atoms with Gasteiger partial charge in [-0.15, -0.1) is 0 Å². The van der Waals surface area contributed by atoms with Crippen molar-refractivity contribution in [3.63, 3.8) is 0 Å². The van der Waals surface area contributed by atoms with Gasteiger partial charge in [0.25, 0.3) is 0 Å². The number of hydrogen-bond donors (Lipinski definition) is 0. The van der Waals surface area contributed by atoms with Crippen LogP contribution in [0.1, 0.15) is 43.5 Å². The zero-order valence-electron chi connectivity index (χ0n) is 20.1. The molecule has 1 aliphatic heterocycles. The van der Waals surface area contributed by atoms with E-state index in [1.165, 1.54) is 5.56 Å². The Morgan fingerprint density at radius 2 is 1.94 bits per heavy atom. The monoisotopic (exact) mass is 440 g/mol. The van der Waals surface area contributed by atoms with Gasteiger partial charge in [0, 0.05) is 44.5 Å². The SMILES string of the molecule is Cc1nn(C)cc1CN(C)C(Cc1ccccc1F)C1CCN(C(=O)C=CC(C)C)CC1. The number of likely N-dealkylation sites (tertiary alicyclic amines) is 1. The minimum atomic E-state index is -0.144. The Bertz CT molecular complexity index is 928. The first kappa shape index (κ1) is 24.2. The Hall–Kier alpha value is -2.47. The maximum atomic E-state index is 14.5. The van der Waals surface area contributed by atoms with E-state index in [-0.39, 0.29) is 17.8 Å². The number of nitrogens with zero attached hydrogens (tertiary/aromatic N) is 4. The molecule has 6 heteroatoms. The lowest BCUT2D eigenvalue weighted by molar-refractivity contribution is -0.127. The molecule has 1 aliphatic rings. The fraction of sp³-hybridized carbons (Fsp3) is 0.538. The van der Waals surface area contributed by atoms with Crippen LogP contribution < -0.4 is 0 Å². The fourth-order valence-electron chi connectivity index (χ4n) is 4.65. The molecule has 1 amide bonds. The first-order valence-corrected chi connectivity index (χ1v) is 11.6. The summed E-state index contributed by atoms with van der Waals surface area (Å²) in [6.45, 7) is 8.45. The van der Waals surface area contributed by atoms with Crippen LogP contribution in [0.15, 0.2) is 42.6 Å². The minimum absolute atomic E-state index is 0.0992. The second-order valence-corrected chi connectivity index (χ2v) is 9.46. The summed E-state index contributed by atoms with van der Waals surface area (Å²) >= 11 is 0. The third-order valence-electron chi connectivity index (χ3n) is 6.51. The molecular weight excluding hydrogens is 403 g/mol. The van der Waals surface area contributed by atoms with E-state index in [0.29, 0.717) is 18.3 Å². The number of allylic oxidation sites excluding steroid dienone is 1. The smallest absolute Gasteiger partial charge is 0.246 e. The summed E-state index contributed by atoms with van der Waals surface area (Å²) in [4.78, 5) is 16.8. The third kappa shape index (κ3) is 6.28. The number of aryl methyl sites for hydroxylation is 2. The van der Waals surface area contributed by atoms with E-state index in [0.717, 1.165) is 43.7 Å². The van der Waals surface area contributed by atoms with Crippen LogP contribution in [0.2, 0.25) is 0 Å². The van der Waals surface area contributed by atoms with Crippen molar-refractivity contribution in [3.8, 4) is 0 Å². The van der Waals surface area contributed by atoms with Crippen molar-refractivity contribution in [3.05, 3.63) is 65.3 Å². The van der Waals surface area contributed by atoms with Crippen molar-refractivity contribution in [1.29, 1.82) is 0 Å². The van der Waals surface area contributed by atoms with Crippen LogP contribution in [0.25, 0.3) is 0 Å². The Labute approximate surface area is 191 Å². The van der Waals surface area contributed by atoms with Gasteiger partial charge in [-0.3, -0.25) is 14.4 Å². The van der Waals surface area contributed by atoms with Gasteiger partial charge in [0.2, 0.25) is 5.91 Å². The van der Waals surface area contributed by atoms with Crippen LogP contribution in [0.4, 0.5) is 4.39 Å². The Kier molecular flexibility index (Phi) is 8.24. The van der Waals surface area contributed by atoms with Crippen molar-refractivity contribution >= 4 is 5.91 Å². The molecule has 1 aromatic carbocycles. The molecule has 1 fully saturated rings. The van der Waals surface area contributed by atoms with Crippen molar-refractivity contribution in [1.82, 2.24) is 19.6 Å². The lowest BCUT2D eigenvalue weighted by atomic mass is 9.84. The predicted octanol–water partition coefficient (Wildman–Crippen LogP) is 4.36. The van der Waals surface area contributed by atoms with Crippen molar-refractivity contribution in [2.24, 2.45) is 18.9 Å². The molecule has 0 saturated carbocycles. The Balaban J connectivity index is 1.73. The second kappa shape index (κ2) is 10.9. The summed E-state index contributed by atoms with van der Waals surface area (Å²) in [5, 5.41) is 4.47. The number of carbonyl (C=O) groups excluding carboxylic acids is 1. The highest BCUT2D eigenvalue weighted by Crippen LogP contribution is 2.28. The van der Waals surface area contributed by atoms with E-state index in [9.17, 15) is 9.18 Å². The molecule has 0 spiro atoms. The summed E-state index contributed by atoms with van der Waals surface area (Å²) in [5.41, 5.74) is 2.98. The number of halogens is 1. The standard InChI is InChI=1S/C26H37FN4O/c1-19(2)10-11-26(32)31-14-12-21(13-15-31)25(16-22-8-6-7-9-24(22)27)29(4)17-23-18-30(5)28-20(23)3/h6-11,18-19,21,25H,12-17H2,1-5H3. The van der Waals surface area contributed by atoms with Gasteiger partial charge in [-0.1, -0.05) is 38.1 Å². The van der Waals surface area contributed by atoms with Gasteiger partial charge in [-0.2, -0.15) is 5.10 Å². The van der Waals surface area contributed by atoms with Gasteiger partial charge >= 0.3 is 0 Å². The number of hydrogen-bond acceptors (Lipinski definition) is 3. The summed E-state index contributed by atoms with van der Waals surface area (Å²) in [6.07, 6.45) is 8.24. The molecule has 1 aromatic heterocycles. The van der Waals surface area contributed by atoms with Crippen LogP contribution in [-0.4, -0.2) is 51.7 Å². The van der Waals surface area contributed by atoms with Crippen LogP contribution in [-0.2, 0) is 24.8 Å². The van der Waals surface area contributed by atoms with Gasteiger partial charge < -0.3 is 4.90 Å². The minimum Gasteiger partial charge on any atom is -0.339 e. The number of likely N-dealkylation sites (N-methyl/N-ethyl adjacent to an activating group) is 1. The van der Waals surface area contributed by atoms with Gasteiger partial charge in [0.1, 0.15) is 5.82 Å². The van der Waals surface area contributed by atoms with Gasteiger partial charge in [0.15, 0.2) is 0 Å². The molecule has 0 radical (unpaired) electrons. The lowest BCUT2D eigenvalue weighted by Gasteiger charge is -2.40. The van der Waals surface area contributed by atoms with Crippen LogP contribution >= 0.6 is 0 Å². The number of piperidine rings is 1. The van der Waals surface area contributed by atoms with E-state index in [2.05, 4.69) is 37.1 Å². The van der Waals surface area contributed by atoms with E-state index in [1.807, 2.05) is 41.8 Å². The average molecular weight is 441 g/mol. The normalized spacial score (nSPS) is 16.4. The highest BCUT2D eigenvalue weighted by atomic mass is 19.1. The predicted molar refractivity (Wildman–Crippen MR) is 127 cm³/mol. The van der Waals surface area contributed by atoms with E-state index in [4.69, 9.17) is 0 Å². The number of benzene rings is 1. The van der Waals surface area contributed by atoms with Gasteiger partial charge in [-0.05, 0) is 62.8 Å². The molecule has 32 heavy (non-hydrogen) atoms. The van der Waals surface area contributed by atoms with Crippen molar-refractivity contribution < 1.29 is 9.18 Å². The molecule has 1 unspecified atom stereocenters. The maximum Gasteiger partial charge on any atom is 0.246 e. The quantitative estimate of drug-likeness (QED) is 0.573. The lowest BCUT2D eigenvalue weighted by Crippen LogP contribution is -2.46. The highest BCUT2D eigenvalue weighted by molar-refractivity contribution is 5.87. The zero-order valence-corrected chi connectivity index (χ0v) is 20.1. The van der Waals surface area contributed by atoms with Crippen LogP contribution in [0.3, 0.4) is 0 Å². The molecule has 174 valence electrons. The molecule has 0 bridgehead atoms. The van der Waals surface area contributed by atoms with Crippen LogP contribution in [0.5, 0.6) is 0 Å². The van der Waals surface area contributed by atoms with Gasteiger partial charge in [-0.25, -0.2) is 4.39 Å². The van der Waals surface area contributed by atoms with E-state index >= 15 is 0 Å². The summed E-state index contributed by atoms with van der Waals surface area (Å²) in [5.74, 6) is 0.720. The Morgan fingerprint density at radius 3 is 2.53 bits per heavy atom. The molecular formula is C26H37FN4O. The number of aromatic nitrogens is 2. The highest BCUT2D eigenvalue weighted by Gasteiger charge is 2.31. The molecule has 3 rings (SSSR count). The van der Waals surface area contributed by atoms with Crippen molar-refractivity contribution in [2.45, 2.75) is 52.6 Å². The summed E-state index contributed by atoms with van der Waals surface area (Å²) in [6, 6.07) is 7.27. The molecule has 2 aromatic rings. The molecule has 1 saturated heterocycles. The second-order valence-electron chi connectivity index (χ2n) is 9.46. The summed E-state index contributed by atoms with van der Waals surface area (Å²) in [7, 11) is 4.06. The first-order chi connectivity index (χ1) is 15.2. The average Bonchev–Trinajstić information content (AvgIpc) is 3.08. The van der Waals surface area contributed by atoms with Crippen LogP contribution in [0, 0.1) is 24.6 Å². The van der Waals surface area contributed by atoms with Crippen molar-refractivity contribution in [2.75, 3.05) is 20.1 Å². The molecule has 2 heterocycles. The molecule has 1 atom stereocenters. The van der Waals surface area contributed by atoms with E-state index < -0.39 is 0 Å². The largest absolute Gasteiger partial charge is 0.339 e. The summed E-state index contributed by atoms with van der Waals surface area (Å²) < 4.78 is 16.3.